The van der Waals surface area contributed by atoms with E-state index in [0.717, 1.165) is 4.90 Å². The molecule has 11 nitrogen and oxygen atoms in total. The zero-order valence-electron chi connectivity index (χ0n) is 15.9. The number of aliphatic carboxylic acids is 4. The molecule has 4 N–H and O–H groups in total. The van der Waals surface area contributed by atoms with E-state index in [1.54, 1.807) is 24.3 Å². The molecule has 1 aromatic rings. The normalized spacial score (nSPS) is 12.0. The van der Waals surface area contributed by atoms with Gasteiger partial charge >= 0.3 is 23.9 Å². The van der Waals surface area contributed by atoms with E-state index in [2.05, 4.69) is 0 Å². The van der Waals surface area contributed by atoms with Gasteiger partial charge in [-0.05, 0) is 24.1 Å². The largest absolute Gasteiger partial charge is 0.497 e. The molecule has 1 unspecified atom stereocenters. The van der Waals surface area contributed by atoms with Crippen LogP contribution in [0, 0.1) is 0 Å². The summed E-state index contributed by atoms with van der Waals surface area (Å²) >= 11 is 0. The van der Waals surface area contributed by atoms with Gasteiger partial charge in [-0.15, -0.1) is 0 Å². The van der Waals surface area contributed by atoms with Crippen molar-refractivity contribution >= 4 is 23.9 Å². The van der Waals surface area contributed by atoms with E-state index in [1.807, 2.05) is 0 Å². The predicted molar refractivity (Wildman–Crippen MR) is 99.0 cm³/mol. The molecule has 11 heteroatoms. The Kier molecular flexibility index (Phi) is 9.56. The molecule has 1 rings (SSSR count). The summed E-state index contributed by atoms with van der Waals surface area (Å²) in [5.74, 6) is -4.41. The van der Waals surface area contributed by atoms with Gasteiger partial charge in [0.2, 0.25) is 0 Å². The van der Waals surface area contributed by atoms with Crippen molar-refractivity contribution in [3.8, 4) is 5.75 Å². The van der Waals surface area contributed by atoms with Gasteiger partial charge in [0.1, 0.15) is 11.8 Å². The summed E-state index contributed by atoms with van der Waals surface area (Å²) in [5.41, 5.74) is 0.640. The lowest BCUT2D eigenvalue weighted by atomic mass is 10.0. The summed E-state index contributed by atoms with van der Waals surface area (Å²) in [7, 11) is 1.49. The lowest BCUT2D eigenvalue weighted by Gasteiger charge is -2.29. The van der Waals surface area contributed by atoms with Crippen LogP contribution in [-0.4, -0.2) is 100.0 Å². The molecule has 0 aliphatic carbocycles. The number of carboxylic acids is 4. The van der Waals surface area contributed by atoms with Gasteiger partial charge in [0.25, 0.3) is 0 Å². The van der Waals surface area contributed by atoms with Gasteiger partial charge < -0.3 is 25.2 Å². The van der Waals surface area contributed by atoms with Gasteiger partial charge in [-0.25, -0.2) is 0 Å². The molecule has 0 aliphatic rings. The Morgan fingerprint density at radius 3 is 1.79 bits per heavy atom. The number of hydrogen-bond acceptors (Lipinski definition) is 7. The Morgan fingerprint density at radius 1 is 0.862 bits per heavy atom. The fraction of sp³-hybridized carbons (Fsp3) is 0.444. The van der Waals surface area contributed by atoms with Crippen molar-refractivity contribution in [3.05, 3.63) is 29.8 Å². The molecule has 0 spiro atoms. The smallest absolute Gasteiger partial charge is 0.321 e. The summed E-state index contributed by atoms with van der Waals surface area (Å²) < 4.78 is 5.04. The van der Waals surface area contributed by atoms with Crippen LogP contribution in [-0.2, 0) is 25.6 Å². The van der Waals surface area contributed by atoms with E-state index in [-0.39, 0.29) is 19.5 Å². The third-order valence-electron chi connectivity index (χ3n) is 4.07. The number of methoxy groups -OCH3 is 1. The summed E-state index contributed by atoms with van der Waals surface area (Å²) in [5, 5.41) is 36.6. The topological polar surface area (TPSA) is 165 Å². The van der Waals surface area contributed by atoms with Crippen molar-refractivity contribution in [2.45, 2.75) is 12.5 Å². The Bertz CT molecular complexity index is 705. The third kappa shape index (κ3) is 9.04. The summed E-state index contributed by atoms with van der Waals surface area (Å²) in [6.45, 7) is -1.99. The minimum Gasteiger partial charge on any atom is -0.497 e. The molecule has 0 saturated heterocycles. The summed E-state index contributed by atoms with van der Waals surface area (Å²) in [6, 6.07) is 5.43. The average molecular weight is 412 g/mol. The first-order valence-electron chi connectivity index (χ1n) is 8.60. The Morgan fingerprint density at radius 2 is 1.38 bits per heavy atom. The minimum absolute atomic E-state index is 0.00443. The van der Waals surface area contributed by atoms with Crippen LogP contribution in [0.1, 0.15) is 5.56 Å². The first kappa shape index (κ1) is 23.9. The quantitative estimate of drug-likeness (QED) is 0.313. The van der Waals surface area contributed by atoms with E-state index < -0.39 is 49.6 Å². The zero-order valence-corrected chi connectivity index (χ0v) is 15.9. The molecule has 1 aromatic carbocycles. The predicted octanol–water partition coefficient (Wildman–Crippen LogP) is -0.451. The van der Waals surface area contributed by atoms with Gasteiger partial charge in [0.05, 0.1) is 26.7 Å². The van der Waals surface area contributed by atoms with Crippen molar-refractivity contribution in [3.63, 3.8) is 0 Å². The van der Waals surface area contributed by atoms with Gasteiger partial charge in [0.15, 0.2) is 0 Å². The van der Waals surface area contributed by atoms with E-state index in [4.69, 9.17) is 20.1 Å². The van der Waals surface area contributed by atoms with Crippen LogP contribution in [0.25, 0.3) is 0 Å². The lowest BCUT2D eigenvalue weighted by molar-refractivity contribution is -0.148. The highest BCUT2D eigenvalue weighted by atomic mass is 16.5. The number of ether oxygens (including phenoxy) is 1. The first-order valence-corrected chi connectivity index (χ1v) is 8.60. The van der Waals surface area contributed by atoms with Crippen molar-refractivity contribution in [2.24, 2.45) is 0 Å². The molecule has 0 radical (unpaired) electrons. The van der Waals surface area contributed by atoms with Crippen LogP contribution in [0.5, 0.6) is 5.75 Å². The van der Waals surface area contributed by atoms with Crippen LogP contribution in [0.4, 0.5) is 0 Å². The number of carbonyl (C=O) groups is 4. The molecule has 160 valence electrons. The number of rotatable bonds is 14. The lowest BCUT2D eigenvalue weighted by Crippen LogP contribution is -2.49. The second kappa shape index (κ2) is 11.6. The second-order valence-corrected chi connectivity index (χ2v) is 6.27. The van der Waals surface area contributed by atoms with Gasteiger partial charge in [0, 0.05) is 13.1 Å². The third-order valence-corrected chi connectivity index (χ3v) is 4.07. The van der Waals surface area contributed by atoms with Crippen LogP contribution in [0.2, 0.25) is 0 Å². The first-order chi connectivity index (χ1) is 13.6. The van der Waals surface area contributed by atoms with Gasteiger partial charge in [-0.3, -0.25) is 29.0 Å². The van der Waals surface area contributed by atoms with Crippen LogP contribution in [0.3, 0.4) is 0 Å². The summed E-state index contributed by atoms with van der Waals surface area (Å²) in [6.07, 6.45) is 0.00443. The molecule has 0 aromatic heterocycles. The SMILES string of the molecule is COc1ccc(CC(C(=O)O)N(CCN(CC(=O)O)CC(=O)O)CC(=O)O)cc1. The molecule has 0 aliphatic heterocycles. The minimum atomic E-state index is -1.26. The van der Waals surface area contributed by atoms with E-state index in [0.29, 0.717) is 11.3 Å². The molecular weight excluding hydrogens is 388 g/mol. The fourth-order valence-electron chi connectivity index (χ4n) is 2.74. The Labute approximate surface area is 166 Å². The molecular formula is C18H24N2O9. The van der Waals surface area contributed by atoms with Crippen molar-refractivity contribution in [2.75, 3.05) is 39.8 Å². The van der Waals surface area contributed by atoms with Crippen LogP contribution < -0.4 is 4.74 Å². The molecule has 1 atom stereocenters. The van der Waals surface area contributed by atoms with E-state index >= 15 is 0 Å². The van der Waals surface area contributed by atoms with Gasteiger partial charge in [-0.1, -0.05) is 12.1 Å². The maximum absolute atomic E-state index is 11.8. The van der Waals surface area contributed by atoms with Crippen molar-refractivity contribution < 1.29 is 44.3 Å². The standard InChI is InChI=1S/C18H24N2O9/c1-29-13-4-2-12(3-5-13)8-14(18(27)28)20(11-17(25)26)7-6-19(9-15(21)22)10-16(23)24/h2-5,14H,6-11H2,1H3,(H,21,22)(H,23,24)(H,25,26)(H,27,28). The second-order valence-electron chi connectivity index (χ2n) is 6.27. The molecule has 0 fully saturated rings. The molecule has 0 saturated carbocycles. The highest BCUT2D eigenvalue weighted by Gasteiger charge is 2.28. The molecule has 29 heavy (non-hydrogen) atoms. The molecule has 0 heterocycles. The highest BCUT2D eigenvalue weighted by Crippen LogP contribution is 2.15. The number of hydrogen-bond donors (Lipinski definition) is 4. The van der Waals surface area contributed by atoms with Gasteiger partial charge in [-0.2, -0.15) is 0 Å². The van der Waals surface area contributed by atoms with E-state index in [9.17, 15) is 24.3 Å². The Balaban J connectivity index is 2.96. The fourth-order valence-corrected chi connectivity index (χ4v) is 2.74. The number of benzene rings is 1. The van der Waals surface area contributed by atoms with Crippen molar-refractivity contribution in [1.29, 1.82) is 0 Å². The maximum atomic E-state index is 11.8. The van der Waals surface area contributed by atoms with Crippen LogP contribution in [0.15, 0.2) is 24.3 Å². The molecule has 0 amide bonds. The number of carboxylic acid groups (broad SMARTS) is 4. The Hall–Kier alpha value is -3.18. The van der Waals surface area contributed by atoms with Crippen LogP contribution >= 0.6 is 0 Å². The van der Waals surface area contributed by atoms with Crippen molar-refractivity contribution in [1.82, 2.24) is 9.80 Å². The summed E-state index contributed by atoms with van der Waals surface area (Å²) in [4.78, 5) is 47.1. The molecule has 0 bridgehead atoms. The average Bonchev–Trinajstić information content (AvgIpc) is 2.62. The van der Waals surface area contributed by atoms with E-state index in [1.165, 1.54) is 12.0 Å². The zero-order chi connectivity index (χ0) is 22.0. The highest BCUT2D eigenvalue weighted by molar-refractivity contribution is 5.76. The number of nitrogens with zero attached hydrogens (tertiary/aromatic N) is 2. The monoisotopic (exact) mass is 412 g/mol. The maximum Gasteiger partial charge on any atom is 0.321 e.